The predicted octanol–water partition coefficient (Wildman–Crippen LogP) is 0.0476. The summed E-state index contributed by atoms with van der Waals surface area (Å²) in [6, 6.07) is 2.05. The van der Waals surface area contributed by atoms with Gasteiger partial charge in [0.1, 0.15) is 6.04 Å². The van der Waals surface area contributed by atoms with Gasteiger partial charge >= 0.3 is 0 Å². The van der Waals surface area contributed by atoms with Gasteiger partial charge in [0.25, 0.3) is 0 Å². The lowest BCUT2D eigenvalue weighted by Crippen LogP contribution is -2.60. The van der Waals surface area contributed by atoms with Crippen molar-refractivity contribution in [2.24, 2.45) is 0 Å². The average Bonchev–Trinajstić information content (AvgIpc) is 2.19. The Bertz CT molecular complexity index is 213. The van der Waals surface area contributed by atoms with Crippen LogP contribution in [0.15, 0.2) is 0 Å². The molecule has 1 N–H and O–H groups in total. The Morgan fingerprint density at radius 2 is 2.08 bits per heavy atom. The molecule has 2 fully saturated rings. The van der Waals surface area contributed by atoms with Crippen LogP contribution in [0.5, 0.6) is 0 Å². The molecule has 2 aliphatic rings. The number of ether oxygens (including phenoxy) is 2. The van der Waals surface area contributed by atoms with Gasteiger partial charge < -0.3 is 9.47 Å². The summed E-state index contributed by atoms with van der Waals surface area (Å²) in [5.41, 5.74) is 0.0108. The summed E-state index contributed by atoms with van der Waals surface area (Å²) < 4.78 is 10.7. The molecule has 2 rings (SSSR count). The van der Waals surface area contributed by atoms with Crippen LogP contribution in [-0.2, 0) is 9.47 Å². The second kappa shape index (κ2) is 3.62. The van der Waals surface area contributed by atoms with E-state index in [-0.39, 0.29) is 11.6 Å². The van der Waals surface area contributed by atoms with Crippen LogP contribution in [-0.4, -0.2) is 38.0 Å². The third kappa shape index (κ3) is 1.83. The molecular formula is C9H14N2O2. The number of morpholine rings is 1. The number of hydrogen-bond acceptors (Lipinski definition) is 4. The molecule has 0 saturated carbocycles. The molecule has 1 atom stereocenters. The van der Waals surface area contributed by atoms with E-state index >= 15 is 0 Å². The Kier molecular flexibility index (Phi) is 2.49. The van der Waals surface area contributed by atoms with Crippen molar-refractivity contribution in [2.75, 3.05) is 26.4 Å². The van der Waals surface area contributed by atoms with Gasteiger partial charge in [-0.25, -0.2) is 0 Å². The minimum absolute atomic E-state index is 0.0108. The zero-order chi connectivity index (χ0) is 9.15. The molecule has 1 spiro atoms. The van der Waals surface area contributed by atoms with Gasteiger partial charge in [-0.15, -0.1) is 0 Å². The van der Waals surface area contributed by atoms with Crippen molar-refractivity contribution in [3.8, 4) is 6.07 Å². The highest BCUT2D eigenvalue weighted by atomic mass is 16.5. The number of rotatable bonds is 0. The first-order valence-corrected chi connectivity index (χ1v) is 4.67. The van der Waals surface area contributed by atoms with Crippen LogP contribution in [0.4, 0.5) is 0 Å². The minimum Gasteiger partial charge on any atom is -0.381 e. The van der Waals surface area contributed by atoms with Crippen molar-refractivity contribution in [1.82, 2.24) is 5.32 Å². The fourth-order valence-electron chi connectivity index (χ4n) is 1.95. The van der Waals surface area contributed by atoms with Gasteiger partial charge in [0.15, 0.2) is 0 Å². The maximum Gasteiger partial charge on any atom is 0.119 e. The van der Waals surface area contributed by atoms with E-state index in [2.05, 4.69) is 11.4 Å². The van der Waals surface area contributed by atoms with Crippen LogP contribution < -0.4 is 5.32 Å². The molecule has 4 nitrogen and oxygen atoms in total. The number of nitrogens with zero attached hydrogens (tertiary/aromatic N) is 1. The Balaban J connectivity index is 2.00. The fraction of sp³-hybridized carbons (Fsp3) is 0.889. The van der Waals surface area contributed by atoms with E-state index in [1.807, 2.05) is 0 Å². The van der Waals surface area contributed by atoms with E-state index in [9.17, 15) is 0 Å². The molecule has 2 aliphatic heterocycles. The van der Waals surface area contributed by atoms with Crippen LogP contribution in [0, 0.1) is 11.3 Å². The van der Waals surface area contributed by atoms with E-state index in [0.717, 1.165) is 26.1 Å². The summed E-state index contributed by atoms with van der Waals surface area (Å²) in [6.07, 6.45) is 1.90. The Morgan fingerprint density at radius 1 is 1.31 bits per heavy atom. The van der Waals surface area contributed by atoms with Gasteiger partial charge in [0, 0.05) is 18.8 Å². The van der Waals surface area contributed by atoms with Gasteiger partial charge in [-0.2, -0.15) is 5.26 Å². The number of nitrogens with one attached hydrogen (secondary N) is 1. The van der Waals surface area contributed by atoms with Crippen molar-refractivity contribution in [1.29, 1.82) is 5.26 Å². The molecule has 4 heteroatoms. The van der Waals surface area contributed by atoms with Crippen molar-refractivity contribution in [2.45, 2.75) is 24.4 Å². The van der Waals surface area contributed by atoms with E-state index in [1.165, 1.54) is 0 Å². The highest BCUT2D eigenvalue weighted by Crippen LogP contribution is 2.24. The van der Waals surface area contributed by atoms with E-state index in [0.29, 0.717) is 13.2 Å². The van der Waals surface area contributed by atoms with Crippen LogP contribution >= 0.6 is 0 Å². The second-order valence-corrected chi connectivity index (χ2v) is 3.73. The predicted molar refractivity (Wildman–Crippen MR) is 46.1 cm³/mol. The van der Waals surface area contributed by atoms with E-state index < -0.39 is 0 Å². The molecule has 13 heavy (non-hydrogen) atoms. The van der Waals surface area contributed by atoms with Gasteiger partial charge in [-0.3, -0.25) is 5.32 Å². The third-order valence-electron chi connectivity index (χ3n) is 2.75. The van der Waals surface area contributed by atoms with Crippen LogP contribution in [0.3, 0.4) is 0 Å². The highest BCUT2D eigenvalue weighted by Gasteiger charge is 2.37. The quantitative estimate of drug-likeness (QED) is 0.575. The molecule has 0 aliphatic carbocycles. The summed E-state index contributed by atoms with van der Waals surface area (Å²) in [4.78, 5) is 0. The van der Waals surface area contributed by atoms with Crippen molar-refractivity contribution in [3.05, 3.63) is 0 Å². The first-order chi connectivity index (χ1) is 6.35. The second-order valence-electron chi connectivity index (χ2n) is 3.73. The maximum atomic E-state index is 8.78. The summed E-state index contributed by atoms with van der Waals surface area (Å²) in [7, 11) is 0. The topological polar surface area (TPSA) is 54.3 Å². The first kappa shape index (κ1) is 8.95. The third-order valence-corrected chi connectivity index (χ3v) is 2.75. The van der Waals surface area contributed by atoms with Gasteiger partial charge in [0.2, 0.25) is 0 Å². The Labute approximate surface area is 77.8 Å². The maximum absolute atomic E-state index is 8.78. The monoisotopic (exact) mass is 182 g/mol. The lowest BCUT2D eigenvalue weighted by molar-refractivity contribution is -0.0469. The highest BCUT2D eigenvalue weighted by molar-refractivity contribution is 5.02. The van der Waals surface area contributed by atoms with Gasteiger partial charge in [-0.1, -0.05) is 0 Å². The molecular weight excluding hydrogens is 168 g/mol. The zero-order valence-corrected chi connectivity index (χ0v) is 7.58. The molecule has 2 heterocycles. The van der Waals surface area contributed by atoms with Crippen LogP contribution in [0.1, 0.15) is 12.8 Å². The first-order valence-electron chi connectivity index (χ1n) is 4.67. The van der Waals surface area contributed by atoms with E-state index in [1.54, 1.807) is 0 Å². The van der Waals surface area contributed by atoms with Crippen molar-refractivity contribution < 1.29 is 9.47 Å². The number of nitriles is 1. The average molecular weight is 182 g/mol. The largest absolute Gasteiger partial charge is 0.381 e. The minimum atomic E-state index is -0.146. The van der Waals surface area contributed by atoms with Gasteiger partial charge in [0.05, 0.1) is 19.3 Å². The lowest BCUT2D eigenvalue weighted by Gasteiger charge is -2.42. The summed E-state index contributed by atoms with van der Waals surface area (Å²) in [5, 5.41) is 12.1. The number of hydrogen-bond donors (Lipinski definition) is 1. The summed E-state index contributed by atoms with van der Waals surface area (Å²) in [6.45, 7) is 2.77. The molecule has 2 saturated heterocycles. The lowest BCUT2D eigenvalue weighted by atomic mass is 9.89. The summed E-state index contributed by atoms with van der Waals surface area (Å²) >= 11 is 0. The summed E-state index contributed by atoms with van der Waals surface area (Å²) in [5.74, 6) is 0. The Morgan fingerprint density at radius 3 is 2.77 bits per heavy atom. The molecule has 0 aromatic carbocycles. The Hall–Kier alpha value is -0.630. The smallest absolute Gasteiger partial charge is 0.119 e. The van der Waals surface area contributed by atoms with Crippen molar-refractivity contribution in [3.63, 3.8) is 0 Å². The zero-order valence-electron chi connectivity index (χ0n) is 7.58. The van der Waals surface area contributed by atoms with Crippen LogP contribution in [0.25, 0.3) is 0 Å². The molecule has 0 aromatic heterocycles. The molecule has 0 bridgehead atoms. The SMILES string of the molecule is N#CC1COCC2(CCOCC2)N1. The molecule has 0 aromatic rings. The van der Waals surface area contributed by atoms with Crippen LogP contribution in [0.2, 0.25) is 0 Å². The standard InChI is InChI=1S/C9H14N2O2/c10-5-8-6-13-7-9(11-8)1-3-12-4-2-9/h8,11H,1-4,6-7H2. The van der Waals surface area contributed by atoms with Crippen molar-refractivity contribution >= 4 is 0 Å². The van der Waals surface area contributed by atoms with E-state index in [4.69, 9.17) is 14.7 Å². The van der Waals surface area contributed by atoms with Gasteiger partial charge in [-0.05, 0) is 12.8 Å². The molecule has 1 unspecified atom stereocenters. The normalized spacial score (nSPS) is 32.7. The molecule has 72 valence electrons. The molecule has 0 radical (unpaired) electrons. The fourth-order valence-corrected chi connectivity index (χ4v) is 1.95. The molecule has 0 amide bonds.